The smallest absolute Gasteiger partial charge is 0.0610 e. The first kappa shape index (κ1) is 12.9. The molecule has 0 saturated carbocycles. The van der Waals surface area contributed by atoms with Crippen LogP contribution < -0.4 is 5.73 Å². The fourth-order valence-electron chi connectivity index (χ4n) is 1.47. The SMILES string of the molecule is CCC(CN)C(O)C(C)C(C)(C)C. The minimum atomic E-state index is -0.269. The Labute approximate surface area is 82.5 Å². The first-order valence-electron chi connectivity index (χ1n) is 5.22. The van der Waals surface area contributed by atoms with E-state index in [1.165, 1.54) is 0 Å². The summed E-state index contributed by atoms with van der Waals surface area (Å²) in [6, 6.07) is 0. The summed E-state index contributed by atoms with van der Waals surface area (Å²) in [7, 11) is 0. The number of hydrogen-bond acceptors (Lipinski definition) is 2. The van der Waals surface area contributed by atoms with Gasteiger partial charge in [-0.15, -0.1) is 0 Å². The maximum atomic E-state index is 10.0. The molecule has 0 aliphatic rings. The van der Waals surface area contributed by atoms with Crippen molar-refractivity contribution < 1.29 is 5.11 Å². The predicted octanol–water partition coefficient (Wildman–Crippen LogP) is 2.01. The Morgan fingerprint density at radius 1 is 1.31 bits per heavy atom. The van der Waals surface area contributed by atoms with E-state index >= 15 is 0 Å². The first-order chi connectivity index (χ1) is 5.84. The zero-order valence-corrected chi connectivity index (χ0v) is 9.67. The van der Waals surface area contributed by atoms with E-state index in [-0.39, 0.29) is 17.4 Å². The van der Waals surface area contributed by atoms with Crippen molar-refractivity contribution in [3.63, 3.8) is 0 Å². The molecular formula is C11H25NO. The van der Waals surface area contributed by atoms with Crippen molar-refractivity contribution in [3.8, 4) is 0 Å². The molecule has 2 heteroatoms. The van der Waals surface area contributed by atoms with Crippen LogP contribution in [-0.4, -0.2) is 17.8 Å². The van der Waals surface area contributed by atoms with Crippen molar-refractivity contribution in [2.24, 2.45) is 23.0 Å². The lowest BCUT2D eigenvalue weighted by atomic mass is 9.74. The molecule has 0 rings (SSSR count). The zero-order valence-electron chi connectivity index (χ0n) is 9.67. The van der Waals surface area contributed by atoms with Gasteiger partial charge in [0, 0.05) is 0 Å². The average Bonchev–Trinajstić information content (AvgIpc) is 2.03. The molecule has 2 nitrogen and oxygen atoms in total. The first-order valence-corrected chi connectivity index (χ1v) is 5.22. The van der Waals surface area contributed by atoms with Crippen LogP contribution in [0.15, 0.2) is 0 Å². The number of aliphatic hydroxyl groups excluding tert-OH is 1. The molecule has 0 heterocycles. The lowest BCUT2D eigenvalue weighted by molar-refractivity contribution is 0.0108. The molecule has 0 aromatic heterocycles. The number of rotatable bonds is 4. The van der Waals surface area contributed by atoms with Gasteiger partial charge in [-0.2, -0.15) is 0 Å². The lowest BCUT2D eigenvalue weighted by Gasteiger charge is -2.35. The third-order valence-electron chi connectivity index (χ3n) is 3.19. The zero-order chi connectivity index (χ0) is 10.6. The largest absolute Gasteiger partial charge is 0.392 e. The van der Waals surface area contributed by atoms with E-state index in [1.807, 2.05) is 0 Å². The summed E-state index contributed by atoms with van der Waals surface area (Å²) in [6.07, 6.45) is 0.688. The van der Waals surface area contributed by atoms with Gasteiger partial charge in [-0.05, 0) is 30.2 Å². The molecule has 3 N–H and O–H groups in total. The molecular weight excluding hydrogens is 162 g/mol. The van der Waals surface area contributed by atoms with Crippen LogP contribution in [0.3, 0.4) is 0 Å². The van der Waals surface area contributed by atoms with Gasteiger partial charge in [-0.25, -0.2) is 0 Å². The monoisotopic (exact) mass is 187 g/mol. The second kappa shape index (κ2) is 4.97. The van der Waals surface area contributed by atoms with Crippen LogP contribution >= 0.6 is 0 Å². The van der Waals surface area contributed by atoms with E-state index in [2.05, 4.69) is 34.6 Å². The fourth-order valence-corrected chi connectivity index (χ4v) is 1.47. The molecule has 3 unspecified atom stereocenters. The van der Waals surface area contributed by atoms with Crippen LogP contribution in [0.1, 0.15) is 41.0 Å². The Morgan fingerprint density at radius 3 is 2.00 bits per heavy atom. The molecule has 0 amide bonds. The molecule has 0 fully saturated rings. The van der Waals surface area contributed by atoms with Gasteiger partial charge in [-0.3, -0.25) is 0 Å². The molecule has 0 bridgehead atoms. The van der Waals surface area contributed by atoms with Gasteiger partial charge in [0.15, 0.2) is 0 Å². The van der Waals surface area contributed by atoms with Gasteiger partial charge in [0.05, 0.1) is 6.10 Å². The summed E-state index contributed by atoms with van der Waals surface area (Å²) in [4.78, 5) is 0. The van der Waals surface area contributed by atoms with Crippen molar-refractivity contribution in [2.45, 2.75) is 47.1 Å². The molecule has 0 aliphatic carbocycles. The van der Waals surface area contributed by atoms with Crippen LogP contribution in [0.25, 0.3) is 0 Å². The Kier molecular flexibility index (Phi) is 4.93. The summed E-state index contributed by atoms with van der Waals surface area (Å²) in [5.41, 5.74) is 5.76. The quantitative estimate of drug-likeness (QED) is 0.707. The van der Waals surface area contributed by atoms with Gasteiger partial charge in [0.1, 0.15) is 0 Å². The van der Waals surface area contributed by atoms with Crippen molar-refractivity contribution in [3.05, 3.63) is 0 Å². The third kappa shape index (κ3) is 3.65. The van der Waals surface area contributed by atoms with Gasteiger partial charge >= 0.3 is 0 Å². The third-order valence-corrected chi connectivity index (χ3v) is 3.19. The van der Waals surface area contributed by atoms with E-state index < -0.39 is 0 Å². The fraction of sp³-hybridized carbons (Fsp3) is 1.00. The highest BCUT2D eigenvalue weighted by molar-refractivity contribution is 4.81. The molecule has 80 valence electrons. The highest BCUT2D eigenvalue weighted by Gasteiger charge is 2.30. The normalized spacial score (nSPS) is 19.6. The molecule has 0 saturated heterocycles. The molecule has 0 radical (unpaired) electrons. The number of hydrogen-bond donors (Lipinski definition) is 2. The molecule has 0 spiro atoms. The lowest BCUT2D eigenvalue weighted by Crippen LogP contribution is -2.38. The maximum Gasteiger partial charge on any atom is 0.0610 e. The van der Waals surface area contributed by atoms with Gasteiger partial charge in [-0.1, -0.05) is 34.6 Å². The van der Waals surface area contributed by atoms with Crippen molar-refractivity contribution >= 4 is 0 Å². The Balaban J connectivity index is 4.31. The second-order valence-electron chi connectivity index (χ2n) is 5.05. The molecule has 0 aliphatic heterocycles. The van der Waals surface area contributed by atoms with Crippen LogP contribution in [-0.2, 0) is 0 Å². The van der Waals surface area contributed by atoms with Crippen molar-refractivity contribution in [2.75, 3.05) is 6.54 Å². The highest BCUT2D eigenvalue weighted by atomic mass is 16.3. The van der Waals surface area contributed by atoms with E-state index in [9.17, 15) is 5.11 Å². The minimum absolute atomic E-state index is 0.155. The summed E-state index contributed by atoms with van der Waals surface area (Å²) in [5, 5.41) is 10.0. The summed E-state index contributed by atoms with van der Waals surface area (Å²) >= 11 is 0. The summed E-state index contributed by atoms with van der Waals surface area (Å²) in [6.45, 7) is 11.2. The van der Waals surface area contributed by atoms with Gasteiger partial charge < -0.3 is 10.8 Å². The number of nitrogens with two attached hydrogens (primary N) is 1. The van der Waals surface area contributed by atoms with Crippen LogP contribution in [0, 0.1) is 17.3 Å². The summed E-state index contributed by atoms with van der Waals surface area (Å²) < 4.78 is 0. The second-order valence-corrected chi connectivity index (χ2v) is 5.05. The predicted molar refractivity (Wildman–Crippen MR) is 57.5 cm³/mol. The topological polar surface area (TPSA) is 46.2 Å². The number of aliphatic hydroxyl groups is 1. The van der Waals surface area contributed by atoms with Gasteiger partial charge in [0.25, 0.3) is 0 Å². The van der Waals surface area contributed by atoms with E-state index in [0.717, 1.165) is 6.42 Å². The maximum absolute atomic E-state index is 10.0. The van der Waals surface area contributed by atoms with Crippen molar-refractivity contribution in [1.82, 2.24) is 0 Å². The van der Waals surface area contributed by atoms with Crippen molar-refractivity contribution in [1.29, 1.82) is 0 Å². The van der Waals surface area contributed by atoms with Crippen LogP contribution in [0.5, 0.6) is 0 Å². The van der Waals surface area contributed by atoms with E-state index in [1.54, 1.807) is 0 Å². The molecule has 0 aromatic rings. The highest BCUT2D eigenvalue weighted by Crippen LogP contribution is 2.31. The van der Waals surface area contributed by atoms with Crippen LogP contribution in [0.2, 0.25) is 0 Å². The standard InChI is InChI=1S/C11H25NO/c1-6-9(7-12)10(13)8(2)11(3,4)5/h8-10,13H,6-7,12H2,1-5H3. The van der Waals surface area contributed by atoms with Crippen LogP contribution in [0.4, 0.5) is 0 Å². The Bertz CT molecular complexity index is 136. The minimum Gasteiger partial charge on any atom is -0.392 e. The van der Waals surface area contributed by atoms with E-state index in [0.29, 0.717) is 12.5 Å². The molecule has 3 atom stereocenters. The Hall–Kier alpha value is -0.0800. The summed E-state index contributed by atoms with van der Waals surface area (Å²) in [5.74, 6) is 0.537. The molecule has 0 aromatic carbocycles. The average molecular weight is 187 g/mol. The van der Waals surface area contributed by atoms with E-state index in [4.69, 9.17) is 5.73 Å². The van der Waals surface area contributed by atoms with Gasteiger partial charge in [0.2, 0.25) is 0 Å². The molecule has 13 heavy (non-hydrogen) atoms. The Morgan fingerprint density at radius 2 is 1.77 bits per heavy atom.